The Hall–Kier alpha value is -0.850. The molecule has 0 aromatic carbocycles. The maximum Gasteiger partial charge on any atom is 0.125 e. The first-order valence-electron chi connectivity index (χ1n) is 3.84. The van der Waals surface area contributed by atoms with Crippen LogP contribution in [-0.4, -0.2) is 0 Å². The largest absolute Gasteiger partial charge is 0.207 e. The lowest BCUT2D eigenvalue weighted by atomic mass is 10.2. The van der Waals surface area contributed by atoms with E-state index in [1.165, 1.54) is 6.08 Å². The van der Waals surface area contributed by atoms with E-state index in [1.54, 1.807) is 19.1 Å². The van der Waals surface area contributed by atoms with E-state index in [1.807, 2.05) is 20.8 Å². The van der Waals surface area contributed by atoms with Gasteiger partial charge in [0.2, 0.25) is 0 Å². The number of halogens is 1. The van der Waals surface area contributed by atoms with Crippen LogP contribution in [0.25, 0.3) is 0 Å². The molecule has 0 N–H and O–H groups in total. The van der Waals surface area contributed by atoms with Gasteiger partial charge in [-0.15, -0.1) is 0 Å². The summed E-state index contributed by atoms with van der Waals surface area (Å²) in [6, 6.07) is 0. The molecule has 0 heterocycles. The molecule has 0 fully saturated rings. The van der Waals surface area contributed by atoms with Crippen LogP contribution in [0.1, 0.15) is 27.7 Å². The van der Waals surface area contributed by atoms with Crippen molar-refractivity contribution in [2.24, 2.45) is 0 Å². The van der Waals surface area contributed by atoms with Crippen LogP contribution >= 0.6 is 0 Å². The normalized spacial score (nSPS) is 11.7. The standard InChI is InChI=1S/C8H11F.C2H6/c1-4-6-7(3)8(9)5-2;1-2/h4-6H,2H2,1,3H3;1-2H3/b6-4-,8-7+;. The van der Waals surface area contributed by atoms with Crippen LogP contribution in [0.3, 0.4) is 0 Å². The van der Waals surface area contributed by atoms with Crippen molar-refractivity contribution in [3.05, 3.63) is 36.2 Å². The van der Waals surface area contributed by atoms with Crippen molar-refractivity contribution in [2.75, 3.05) is 0 Å². The Morgan fingerprint density at radius 2 is 1.82 bits per heavy atom. The van der Waals surface area contributed by atoms with E-state index >= 15 is 0 Å². The molecule has 0 atom stereocenters. The van der Waals surface area contributed by atoms with Crippen LogP contribution in [0, 0.1) is 0 Å². The minimum Gasteiger partial charge on any atom is -0.207 e. The molecule has 0 aliphatic carbocycles. The summed E-state index contributed by atoms with van der Waals surface area (Å²) in [7, 11) is 0. The zero-order chi connectivity index (χ0) is 9.28. The minimum atomic E-state index is -0.256. The summed E-state index contributed by atoms with van der Waals surface area (Å²) < 4.78 is 12.4. The van der Waals surface area contributed by atoms with Gasteiger partial charge in [-0.25, -0.2) is 4.39 Å². The molecule has 0 radical (unpaired) electrons. The highest BCUT2D eigenvalue weighted by atomic mass is 19.1. The van der Waals surface area contributed by atoms with Gasteiger partial charge in [0.1, 0.15) is 5.83 Å². The van der Waals surface area contributed by atoms with E-state index in [2.05, 4.69) is 6.58 Å². The van der Waals surface area contributed by atoms with Gasteiger partial charge in [0.25, 0.3) is 0 Å². The molecule has 0 aliphatic rings. The lowest BCUT2D eigenvalue weighted by Gasteiger charge is -1.89. The van der Waals surface area contributed by atoms with E-state index < -0.39 is 0 Å². The average Bonchev–Trinajstić information content (AvgIpc) is 2.07. The van der Waals surface area contributed by atoms with Crippen LogP contribution in [0.2, 0.25) is 0 Å². The van der Waals surface area contributed by atoms with Gasteiger partial charge in [-0.2, -0.15) is 0 Å². The quantitative estimate of drug-likeness (QED) is 0.530. The Morgan fingerprint density at radius 3 is 2.09 bits per heavy atom. The molecular formula is C10H17F. The third-order valence-corrected chi connectivity index (χ3v) is 0.973. The molecular weight excluding hydrogens is 139 g/mol. The summed E-state index contributed by atoms with van der Waals surface area (Å²) in [5.74, 6) is -0.256. The van der Waals surface area contributed by atoms with Crippen molar-refractivity contribution < 1.29 is 4.39 Å². The van der Waals surface area contributed by atoms with Crippen LogP contribution in [0.5, 0.6) is 0 Å². The highest BCUT2D eigenvalue weighted by Crippen LogP contribution is 2.06. The molecule has 64 valence electrons. The first-order chi connectivity index (χ1) is 5.22. The van der Waals surface area contributed by atoms with Crippen molar-refractivity contribution in [1.29, 1.82) is 0 Å². The lowest BCUT2D eigenvalue weighted by Crippen LogP contribution is -1.71. The molecule has 1 heteroatoms. The van der Waals surface area contributed by atoms with Crippen molar-refractivity contribution in [3.8, 4) is 0 Å². The van der Waals surface area contributed by atoms with E-state index in [4.69, 9.17) is 0 Å². The number of hydrogen-bond acceptors (Lipinski definition) is 0. The number of rotatable bonds is 2. The van der Waals surface area contributed by atoms with Crippen LogP contribution < -0.4 is 0 Å². The fraction of sp³-hybridized carbons (Fsp3) is 0.400. The first kappa shape index (κ1) is 12.8. The Kier molecular flexibility index (Phi) is 10.6. The molecule has 0 aromatic heterocycles. The van der Waals surface area contributed by atoms with Gasteiger partial charge in [-0.3, -0.25) is 0 Å². The van der Waals surface area contributed by atoms with Crippen LogP contribution in [-0.2, 0) is 0 Å². The van der Waals surface area contributed by atoms with E-state index in [9.17, 15) is 4.39 Å². The fourth-order valence-electron chi connectivity index (χ4n) is 0.491. The molecule has 0 nitrogen and oxygen atoms in total. The van der Waals surface area contributed by atoms with Crippen LogP contribution in [0.4, 0.5) is 4.39 Å². The second kappa shape index (κ2) is 9.15. The zero-order valence-electron chi connectivity index (χ0n) is 7.82. The number of allylic oxidation sites excluding steroid dienone is 5. The Labute approximate surface area is 69.1 Å². The summed E-state index contributed by atoms with van der Waals surface area (Å²) in [6.07, 6.45) is 4.70. The number of hydrogen-bond donors (Lipinski definition) is 0. The van der Waals surface area contributed by atoms with E-state index in [0.29, 0.717) is 5.57 Å². The van der Waals surface area contributed by atoms with E-state index in [-0.39, 0.29) is 5.83 Å². The molecule has 0 saturated heterocycles. The van der Waals surface area contributed by atoms with E-state index in [0.717, 1.165) is 0 Å². The molecule has 0 aromatic rings. The lowest BCUT2D eigenvalue weighted by molar-refractivity contribution is 0.659. The maximum absolute atomic E-state index is 12.4. The Morgan fingerprint density at radius 1 is 1.36 bits per heavy atom. The minimum absolute atomic E-state index is 0.256. The predicted octanol–water partition coefficient (Wildman–Crippen LogP) is 4.02. The average molecular weight is 156 g/mol. The monoisotopic (exact) mass is 156 g/mol. The molecule has 0 aliphatic heterocycles. The second-order valence-corrected chi connectivity index (χ2v) is 1.74. The zero-order valence-corrected chi connectivity index (χ0v) is 7.82. The summed E-state index contributed by atoms with van der Waals surface area (Å²) >= 11 is 0. The second-order valence-electron chi connectivity index (χ2n) is 1.74. The fourth-order valence-corrected chi connectivity index (χ4v) is 0.491. The topological polar surface area (TPSA) is 0 Å². The molecule has 0 amide bonds. The highest BCUT2D eigenvalue weighted by molar-refractivity contribution is 5.25. The predicted molar refractivity (Wildman–Crippen MR) is 50.2 cm³/mol. The summed E-state index contributed by atoms with van der Waals surface area (Å²) in [5, 5.41) is 0. The molecule has 0 saturated carbocycles. The van der Waals surface area contributed by atoms with Crippen LogP contribution in [0.15, 0.2) is 36.2 Å². The Balaban J connectivity index is 0. The van der Waals surface area contributed by atoms with Gasteiger partial charge in [-0.1, -0.05) is 32.6 Å². The molecule has 0 unspecified atom stereocenters. The molecule has 0 spiro atoms. The van der Waals surface area contributed by atoms with Crippen molar-refractivity contribution in [3.63, 3.8) is 0 Å². The van der Waals surface area contributed by atoms with Gasteiger partial charge >= 0.3 is 0 Å². The maximum atomic E-state index is 12.4. The smallest absolute Gasteiger partial charge is 0.125 e. The summed E-state index contributed by atoms with van der Waals surface area (Å²) in [6.45, 7) is 10.8. The van der Waals surface area contributed by atoms with Gasteiger partial charge in [0.05, 0.1) is 0 Å². The first-order valence-corrected chi connectivity index (χ1v) is 3.84. The van der Waals surface area contributed by atoms with Crippen molar-refractivity contribution >= 4 is 0 Å². The molecule has 0 rings (SSSR count). The summed E-state index contributed by atoms with van der Waals surface area (Å²) in [4.78, 5) is 0. The van der Waals surface area contributed by atoms with Crippen molar-refractivity contribution in [2.45, 2.75) is 27.7 Å². The SMILES string of the molecule is C=C/C(F)=C(C)\C=C/C.CC. The third kappa shape index (κ3) is 7.04. The van der Waals surface area contributed by atoms with Gasteiger partial charge in [-0.05, 0) is 25.5 Å². The third-order valence-electron chi connectivity index (χ3n) is 0.973. The van der Waals surface area contributed by atoms with Gasteiger partial charge in [0, 0.05) is 0 Å². The molecule has 0 bridgehead atoms. The highest BCUT2D eigenvalue weighted by Gasteiger charge is 1.88. The molecule has 11 heavy (non-hydrogen) atoms. The van der Waals surface area contributed by atoms with Gasteiger partial charge in [0.15, 0.2) is 0 Å². The Bertz CT molecular complexity index is 152. The van der Waals surface area contributed by atoms with Crippen molar-refractivity contribution in [1.82, 2.24) is 0 Å². The van der Waals surface area contributed by atoms with Gasteiger partial charge < -0.3 is 0 Å². The summed E-state index contributed by atoms with van der Waals surface area (Å²) in [5.41, 5.74) is 0.618.